The van der Waals surface area contributed by atoms with E-state index >= 15 is 0 Å². The van der Waals surface area contributed by atoms with Crippen molar-refractivity contribution in [3.8, 4) is 5.75 Å². The highest BCUT2D eigenvalue weighted by Gasteiger charge is 2.21. The van der Waals surface area contributed by atoms with Crippen LogP contribution in [0.4, 0.5) is 0 Å². The minimum Gasteiger partial charge on any atom is -0.497 e. The second kappa shape index (κ2) is 9.80. The van der Waals surface area contributed by atoms with Crippen molar-refractivity contribution in [2.75, 3.05) is 20.2 Å². The van der Waals surface area contributed by atoms with Gasteiger partial charge in [0, 0.05) is 12.1 Å². The highest BCUT2D eigenvalue weighted by molar-refractivity contribution is 5.29. The van der Waals surface area contributed by atoms with Crippen LogP contribution in [-0.4, -0.2) is 31.1 Å². The van der Waals surface area contributed by atoms with E-state index in [1.54, 1.807) is 7.11 Å². The Morgan fingerprint density at radius 1 is 1.05 bits per heavy atom. The summed E-state index contributed by atoms with van der Waals surface area (Å²) in [7, 11) is 1.69. The molecule has 0 radical (unpaired) electrons. The molecule has 0 fully saturated rings. The average molecular weight is 292 g/mol. The molecule has 0 aliphatic heterocycles. The second-order valence-electron chi connectivity index (χ2n) is 5.78. The van der Waals surface area contributed by atoms with Gasteiger partial charge in [-0.2, -0.15) is 0 Å². The Balaban J connectivity index is 2.71. The minimum absolute atomic E-state index is 0.0459. The van der Waals surface area contributed by atoms with E-state index in [4.69, 9.17) is 10.5 Å². The molecule has 0 saturated carbocycles. The van der Waals surface area contributed by atoms with Gasteiger partial charge in [0.25, 0.3) is 0 Å². The molecule has 3 heteroatoms. The summed E-state index contributed by atoms with van der Waals surface area (Å²) in [5.41, 5.74) is 7.67. The van der Waals surface area contributed by atoms with Gasteiger partial charge in [0.1, 0.15) is 5.75 Å². The van der Waals surface area contributed by atoms with Gasteiger partial charge in [0.2, 0.25) is 0 Å². The van der Waals surface area contributed by atoms with Gasteiger partial charge in [-0.15, -0.1) is 0 Å². The van der Waals surface area contributed by atoms with E-state index in [1.165, 1.54) is 31.2 Å². The molecule has 0 aliphatic carbocycles. The largest absolute Gasteiger partial charge is 0.497 e. The maximum absolute atomic E-state index is 6.49. The van der Waals surface area contributed by atoms with Crippen LogP contribution in [0.25, 0.3) is 0 Å². The molecule has 0 spiro atoms. The lowest BCUT2D eigenvalue weighted by atomic mass is 9.99. The highest BCUT2D eigenvalue weighted by Crippen LogP contribution is 2.22. The number of hydrogen-bond acceptors (Lipinski definition) is 3. The number of methoxy groups -OCH3 is 1. The van der Waals surface area contributed by atoms with Gasteiger partial charge in [0.05, 0.1) is 7.11 Å². The van der Waals surface area contributed by atoms with E-state index < -0.39 is 0 Å². The van der Waals surface area contributed by atoms with Crippen molar-refractivity contribution in [1.82, 2.24) is 4.90 Å². The van der Waals surface area contributed by atoms with E-state index in [9.17, 15) is 0 Å². The predicted molar refractivity (Wildman–Crippen MR) is 90.8 cm³/mol. The van der Waals surface area contributed by atoms with Crippen LogP contribution in [0.5, 0.6) is 5.75 Å². The van der Waals surface area contributed by atoms with Crippen molar-refractivity contribution in [2.24, 2.45) is 5.73 Å². The fourth-order valence-corrected chi connectivity index (χ4v) is 2.57. The summed E-state index contributed by atoms with van der Waals surface area (Å²) in [6, 6.07) is 8.55. The third kappa shape index (κ3) is 5.68. The van der Waals surface area contributed by atoms with Gasteiger partial charge >= 0.3 is 0 Å². The zero-order valence-electron chi connectivity index (χ0n) is 14.1. The Morgan fingerprint density at radius 3 is 2.00 bits per heavy atom. The number of ether oxygens (including phenoxy) is 1. The molecule has 1 aromatic rings. The Kier molecular flexibility index (Phi) is 8.40. The molecule has 21 heavy (non-hydrogen) atoms. The van der Waals surface area contributed by atoms with Gasteiger partial charge in [0.15, 0.2) is 0 Å². The molecule has 0 heterocycles. The smallest absolute Gasteiger partial charge is 0.118 e. The zero-order valence-corrected chi connectivity index (χ0v) is 14.1. The monoisotopic (exact) mass is 292 g/mol. The number of hydrogen-bond donors (Lipinski definition) is 1. The van der Waals surface area contributed by atoms with E-state index in [2.05, 4.69) is 37.8 Å². The maximum Gasteiger partial charge on any atom is 0.118 e. The number of unbranched alkanes of at least 4 members (excludes halogenated alkanes) is 2. The molecule has 2 unspecified atom stereocenters. The van der Waals surface area contributed by atoms with Gasteiger partial charge < -0.3 is 10.5 Å². The van der Waals surface area contributed by atoms with Crippen molar-refractivity contribution >= 4 is 0 Å². The number of nitrogens with zero attached hydrogens (tertiary/aromatic N) is 1. The van der Waals surface area contributed by atoms with Crippen LogP contribution in [-0.2, 0) is 0 Å². The van der Waals surface area contributed by atoms with Crippen LogP contribution in [0, 0.1) is 0 Å². The van der Waals surface area contributed by atoms with Crippen LogP contribution in [0.1, 0.15) is 58.1 Å². The van der Waals surface area contributed by atoms with Crippen LogP contribution in [0.15, 0.2) is 24.3 Å². The summed E-state index contributed by atoms with van der Waals surface area (Å²) in [4.78, 5) is 2.54. The number of rotatable bonds is 10. The van der Waals surface area contributed by atoms with Gasteiger partial charge in [-0.1, -0.05) is 38.8 Å². The normalized spacial score (nSPS) is 14.2. The first-order valence-corrected chi connectivity index (χ1v) is 8.27. The van der Waals surface area contributed by atoms with Gasteiger partial charge in [-0.05, 0) is 50.6 Å². The molecule has 1 aromatic carbocycles. The van der Waals surface area contributed by atoms with Crippen molar-refractivity contribution in [1.29, 1.82) is 0 Å². The molecule has 0 aromatic heterocycles. The van der Waals surface area contributed by atoms with Gasteiger partial charge in [-0.25, -0.2) is 0 Å². The fourth-order valence-electron chi connectivity index (χ4n) is 2.57. The van der Waals surface area contributed by atoms with Crippen LogP contribution in [0.3, 0.4) is 0 Å². The lowest BCUT2D eigenvalue weighted by Gasteiger charge is -2.33. The average Bonchev–Trinajstić information content (AvgIpc) is 2.54. The summed E-state index contributed by atoms with van der Waals surface area (Å²) < 4.78 is 5.21. The first-order chi connectivity index (χ1) is 10.1. The molecule has 2 atom stereocenters. The second-order valence-corrected chi connectivity index (χ2v) is 5.78. The van der Waals surface area contributed by atoms with Gasteiger partial charge in [-0.3, -0.25) is 4.90 Å². The zero-order chi connectivity index (χ0) is 15.7. The third-order valence-electron chi connectivity index (χ3n) is 4.19. The Hall–Kier alpha value is -1.06. The molecule has 2 N–H and O–H groups in total. The van der Waals surface area contributed by atoms with E-state index in [0.717, 1.165) is 18.8 Å². The molecule has 3 nitrogen and oxygen atoms in total. The Labute approximate surface area is 130 Å². The SMILES string of the molecule is CCCCN(CCCC)C(C)C(N)c1ccc(OC)cc1. The molecule has 0 amide bonds. The fraction of sp³-hybridized carbons (Fsp3) is 0.667. The summed E-state index contributed by atoms with van der Waals surface area (Å²) >= 11 is 0. The van der Waals surface area contributed by atoms with Crippen molar-refractivity contribution < 1.29 is 4.74 Å². The topological polar surface area (TPSA) is 38.5 Å². The first kappa shape index (κ1) is 18.0. The maximum atomic E-state index is 6.49. The third-order valence-corrected chi connectivity index (χ3v) is 4.19. The molecule has 0 aliphatic rings. The number of benzene rings is 1. The molecule has 0 bridgehead atoms. The lowest BCUT2D eigenvalue weighted by molar-refractivity contribution is 0.179. The van der Waals surface area contributed by atoms with Crippen LogP contribution < -0.4 is 10.5 Å². The van der Waals surface area contributed by atoms with E-state index in [0.29, 0.717) is 6.04 Å². The molecular weight excluding hydrogens is 260 g/mol. The van der Waals surface area contributed by atoms with Crippen molar-refractivity contribution in [3.63, 3.8) is 0 Å². The highest BCUT2D eigenvalue weighted by atomic mass is 16.5. The summed E-state index contributed by atoms with van der Waals surface area (Å²) in [5, 5.41) is 0. The summed E-state index contributed by atoms with van der Waals surface area (Å²) in [6.07, 6.45) is 4.94. The van der Waals surface area contributed by atoms with Crippen LogP contribution in [0.2, 0.25) is 0 Å². The van der Waals surface area contributed by atoms with E-state index in [-0.39, 0.29) is 6.04 Å². The lowest BCUT2D eigenvalue weighted by Crippen LogP contribution is -2.42. The number of nitrogens with two attached hydrogens (primary N) is 1. The minimum atomic E-state index is 0.0459. The predicted octanol–water partition coefficient (Wildman–Crippen LogP) is 3.99. The Bertz CT molecular complexity index is 369. The summed E-state index contributed by atoms with van der Waals surface area (Å²) in [6.45, 7) is 9.02. The van der Waals surface area contributed by atoms with E-state index in [1.807, 2.05) is 12.1 Å². The quantitative estimate of drug-likeness (QED) is 0.709. The van der Waals surface area contributed by atoms with Crippen LogP contribution >= 0.6 is 0 Å². The first-order valence-electron chi connectivity index (χ1n) is 8.27. The molecule has 1 rings (SSSR count). The molecule has 0 saturated heterocycles. The van der Waals surface area contributed by atoms with Crippen molar-refractivity contribution in [2.45, 2.75) is 58.5 Å². The van der Waals surface area contributed by atoms with Crippen molar-refractivity contribution in [3.05, 3.63) is 29.8 Å². The Morgan fingerprint density at radius 2 is 1.57 bits per heavy atom. The standard InChI is InChI=1S/C18H32N2O/c1-5-7-13-20(14-8-6-2)15(3)18(19)16-9-11-17(21-4)12-10-16/h9-12,15,18H,5-8,13-14,19H2,1-4H3. The molecular formula is C18H32N2O. The molecule has 120 valence electrons. The summed E-state index contributed by atoms with van der Waals surface area (Å²) in [5.74, 6) is 0.882.